The van der Waals surface area contributed by atoms with Gasteiger partial charge in [-0.1, -0.05) is 11.6 Å². The van der Waals surface area contributed by atoms with E-state index in [2.05, 4.69) is 0 Å². The number of hydrogen-bond acceptors (Lipinski definition) is 5. The van der Waals surface area contributed by atoms with Gasteiger partial charge in [0.2, 0.25) is 5.75 Å². The molecule has 0 radical (unpaired) electrons. The van der Waals surface area contributed by atoms with Crippen LogP contribution in [0.25, 0.3) is 0 Å². The third-order valence-electron chi connectivity index (χ3n) is 1.99. The van der Waals surface area contributed by atoms with E-state index in [4.69, 9.17) is 26.2 Å². The van der Waals surface area contributed by atoms with Crippen LogP contribution < -0.4 is 9.47 Å². The molecule has 0 fully saturated rings. The Kier molecular flexibility index (Phi) is 3.74. The summed E-state index contributed by atoms with van der Waals surface area (Å²) < 4.78 is 9.53. The molecule has 8 heteroatoms. The van der Waals surface area contributed by atoms with Crippen LogP contribution in [0.1, 0.15) is 10.4 Å². The molecule has 0 aromatic heterocycles. The number of halogens is 1. The quantitative estimate of drug-likeness (QED) is 0.657. The topological polar surface area (TPSA) is 98.9 Å². The van der Waals surface area contributed by atoms with Crippen LogP contribution in [0.4, 0.5) is 5.69 Å². The Morgan fingerprint density at radius 2 is 1.94 bits per heavy atom. The number of benzene rings is 1. The van der Waals surface area contributed by atoms with Crippen LogP contribution in [-0.2, 0) is 0 Å². The summed E-state index contributed by atoms with van der Waals surface area (Å²) in [5.41, 5.74) is -1.01. The SMILES string of the molecule is COc1c(Cl)cc([N+](=O)[O-])c(OC)c1C(=O)O. The molecule has 0 aliphatic heterocycles. The van der Waals surface area contributed by atoms with Gasteiger partial charge >= 0.3 is 11.7 Å². The van der Waals surface area contributed by atoms with Crippen LogP contribution in [-0.4, -0.2) is 30.2 Å². The fourth-order valence-corrected chi connectivity index (χ4v) is 1.61. The van der Waals surface area contributed by atoms with Crippen LogP contribution in [0, 0.1) is 10.1 Å². The summed E-state index contributed by atoms with van der Waals surface area (Å²) in [5, 5.41) is 19.6. The molecular formula is C9H8ClNO6. The minimum absolute atomic E-state index is 0.169. The van der Waals surface area contributed by atoms with Gasteiger partial charge in [-0.15, -0.1) is 0 Å². The molecule has 0 amide bonds. The molecule has 17 heavy (non-hydrogen) atoms. The summed E-state index contributed by atoms with van der Waals surface area (Å²) in [4.78, 5) is 21.0. The third-order valence-corrected chi connectivity index (χ3v) is 2.27. The predicted molar refractivity (Wildman–Crippen MR) is 58.2 cm³/mol. The van der Waals surface area contributed by atoms with Gasteiger partial charge in [-0.25, -0.2) is 4.79 Å². The zero-order chi connectivity index (χ0) is 13.2. The van der Waals surface area contributed by atoms with Crippen LogP contribution >= 0.6 is 11.6 Å². The van der Waals surface area contributed by atoms with Gasteiger partial charge in [-0.3, -0.25) is 10.1 Å². The fraction of sp³-hybridized carbons (Fsp3) is 0.222. The van der Waals surface area contributed by atoms with Gasteiger partial charge in [0.05, 0.1) is 24.2 Å². The Morgan fingerprint density at radius 1 is 1.41 bits per heavy atom. The van der Waals surface area contributed by atoms with E-state index < -0.39 is 27.9 Å². The van der Waals surface area contributed by atoms with Crippen LogP contribution in [0.3, 0.4) is 0 Å². The fourth-order valence-electron chi connectivity index (χ4n) is 1.34. The van der Waals surface area contributed by atoms with Gasteiger partial charge in [-0.2, -0.15) is 0 Å². The Labute approximate surface area is 101 Å². The minimum Gasteiger partial charge on any atom is -0.494 e. The Balaban J connectivity index is 3.71. The van der Waals surface area contributed by atoms with E-state index in [1.807, 2.05) is 0 Å². The van der Waals surface area contributed by atoms with Crippen molar-refractivity contribution in [3.63, 3.8) is 0 Å². The lowest BCUT2D eigenvalue weighted by atomic mass is 10.1. The zero-order valence-electron chi connectivity index (χ0n) is 8.89. The summed E-state index contributed by atoms with van der Waals surface area (Å²) in [5.74, 6) is -2.00. The van der Waals surface area contributed by atoms with Crippen molar-refractivity contribution in [2.24, 2.45) is 0 Å². The zero-order valence-corrected chi connectivity index (χ0v) is 9.65. The summed E-state index contributed by atoms with van der Waals surface area (Å²) in [6, 6.07) is 0.978. The third kappa shape index (κ3) is 2.23. The molecular weight excluding hydrogens is 254 g/mol. The van der Waals surface area contributed by atoms with E-state index in [0.29, 0.717) is 0 Å². The van der Waals surface area contributed by atoms with Gasteiger partial charge in [-0.05, 0) is 0 Å². The lowest BCUT2D eigenvalue weighted by Gasteiger charge is -2.11. The van der Waals surface area contributed by atoms with E-state index in [1.54, 1.807) is 0 Å². The largest absolute Gasteiger partial charge is 0.494 e. The molecule has 0 saturated heterocycles. The van der Waals surface area contributed by atoms with Crippen molar-refractivity contribution < 1.29 is 24.3 Å². The maximum Gasteiger partial charge on any atom is 0.343 e. The molecule has 1 rings (SSSR count). The normalized spacial score (nSPS) is 9.82. The average molecular weight is 262 g/mol. The molecule has 0 heterocycles. The average Bonchev–Trinajstić information content (AvgIpc) is 2.26. The van der Waals surface area contributed by atoms with Crippen molar-refractivity contribution in [1.29, 1.82) is 0 Å². The van der Waals surface area contributed by atoms with E-state index >= 15 is 0 Å². The Hall–Kier alpha value is -2.02. The van der Waals surface area contributed by atoms with E-state index in [-0.39, 0.29) is 10.8 Å². The number of nitro groups is 1. The summed E-state index contributed by atoms with van der Waals surface area (Å²) in [6.45, 7) is 0. The Bertz CT molecular complexity index is 487. The van der Waals surface area contributed by atoms with Crippen molar-refractivity contribution in [3.8, 4) is 11.5 Å². The number of carbonyl (C=O) groups is 1. The number of rotatable bonds is 4. The van der Waals surface area contributed by atoms with Crippen LogP contribution in [0.2, 0.25) is 5.02 Å². The summed E-state index contributed by atoms with van der Waals surface area (Å²) in [7, 11) is 2.33. The van der Waals surface area contributed by atoms with E-state index in [9.17, 15) is 14.9 Å². The number of ether oxygens (including phenoxy) is 2. The molecule has 0 unspecified atom stereocenters. The van der Waals surface area contributed by atoms with Gasteiger partial charge in [0.15, 0.2) is 11.3 Å². The summed E-state index contributed by atoms with van der Waals surface area (Å²) in [6.07, 6.45) is 0. The second kappa shape index (κ2) is 4.88. The molecule has 1 aromatic rings. The van der Waals surface area contributed by atoms with Crippen molar-refractivity contribution in [2.75, 3.05) is 14.2 Å². The second-order valence-corrected chi connectivity index (χ2v) is 3.29. The van der Waals surface area contributed by atoms with E-state index in [1.165, 1.54) is 7.11 Å². The highest BCUT2D eigenvalue weighted by Crippen LogP contribution is 2.42. The second-order valence-electron chi connectivity index (χ2n) is 2.88. The van der Waals surface area contributed by atoms with Crippen molar-refractivity contribution in [1.82, 2.24) is 0 Å². The highest BCUT2D eigenvalue weighted by atomic mass is 35.5. The monoisotopic (exact) mass is 261 g/mol. The number of carboxylic acid groups (broad SMARTS) is 1. The molecule has 92 valence electrons. The first-order chi connectivity index (χ1) is 7.93. The molecule has 7 nitrogen and oxygen atoms in total. The van der Waals surface area contributed by atoms with Gasteiger partial charge in [0.25, 0.3) is 0 Å². The standard InChI is InChI=1S/C9H8ClNO6/c1-16-7-4(10)3-5(11(14)15)8(17-2)6(7)9(12)13/h3H,1-2H3,(H,12,13). The van der Waals surface area contributed by atoms with Gasteiger partial charge in [0, 0.05) is 6.07 Å². The van der Waals surface area contributed by atoms with E-state index in [0.717, 1.165) is 13.2 Å². The lowest BCUT2D eigenvalue weighted by Crippen LogP contribution is -2.07. The maximum absolute atomic E-state index is 11.0. The first kappa shape index (κ1) is 13.0. The number of nitrogens with zero attached hydrogens (tertiary/aromatic N) is 1. The molecule has 1 N–H and O–H groups in total. The minimum atomic E-state index is -1.43. The maximum atomic E-state index is 11.0. The number of hydrogen-bond donors (Lipinski definition) is 1. The molecule has 0 saturated carbocycles. The predicted octanol–water partition coefficient (Wildman–Crippen LogP) is 1.96. The highest BCUT2D eigenvalue weighted by molar-refractivity contribution is 6.33. The van der Waals surface area contributed by atoms with Crippen molar-refractivity contribution in [3.05, 3.63) is 26.8 Å². The van der Waals surface area contributed by atoms with Crippen molar-refractivity contribution >= 4 is 23.3 Å². The molecule has 1 aromatic carbocycles. The number of methoxy groups -OCH3 is 2. The number of carboxylic acids is 1. The van der Waals surface area contributed by atoms with Gasteiger partial charge < -0.3 is 14.6 Å². The van der Waals surface area contributed by atoms with Crippen molar-refractivity contribution in [2.45, 2.75) is 0 Å². The number of aromatic carboxylic acids is 1. The van der Waals surface area contributed by atoms with Gasteiger partial charge in [0.1, 0.15) is 0 Å². The highest BCUT2D eigenvalue weighted by Gasteiger charge is 2.29. The molecule has 0 aliphatic carbocycles. The first-order valence-electron chi connectivity index (χ1n) is 4.26. The molecule has 0 aliphatic rings. The molecule has 0 bridgehead atoms. The first-order valence-corrected chi connectivity index (χ1v) is 4.64. The summed E-state index contributed by atoms with van der Waals surface area (Å²) >= 11 is 5.70. The molecule has 0 spiro atoms. The lowest BCUT2D eigenvalue weighted by molar-refractivity contribution is -0.385. The smallest absolute Gasteiger partial charge is 0.343 e. The van der Waals surface area contributed by atoms with Crippen LogP contribution in [0.5, 0.6) is 11.5 Å². The number of nitro benzene ring substituents is 1. The molecule has 0 atom stereocenters. The van der Waals surface area contributed by atoms with Crippen LogP contribution in [0.15, 0.2) is 6.07 Å². The Morgan fingerprint density at radius 3 is 2.29 bits per heavy atom.